The molecule has 4 rings (SSSR count). The van der Waals surface area contributed by atoms with E-state index >= 15 is 0 Å². The number of ether oxygens (including phenoxy) is 1. The fourth-order valence-corrected chi connectivity index (χ4v) is 5.11. The number of hydrogen-bond acceptors (Lipinski definition) is 6. The number of nitrogens with zero attached hydrogens (tertiary/aromatic N) is 3. The minimum atomic E-state index is -4.00. The zero-order chi connectivity index (χ0) is 21.1. The third kappa shape index (κ3) is 4.01. The Hall–Kier alpha value is -2.98. The van der Waals surface area contributed by atoms with Crippen molar-refractivity contribution in [2.45, 2.75) is 55.3 Å². The molecule has 0 spiro atoms. The lowest BCUT2D eigenvalue weighted by atomic mass is 9.98. The Morgan fingerprint density at radius 3 is 2.27 bits per heavy atom. The molecule has 0 bridgehead atoms. The normalized spacial score (nSPS) is 16.1. The van der Waals surface area contributed by atoms with Crippen LogP contribution < -0.4 is 4.74 Å². The maximum absolute atomic E-state index is 13.3. The van der Waals surface area contributed by atoms with Gasteiger partial charge in [-0.2, -0.15) is 5.26 Å². The average Bonchev–Trinajstić information content (AvgIpc) is 2.75. The van der Waals surface area contributed by atoms with Gasteiger partial charge in [-0.25, -0.2) is 18.4 Å². The molecule has 1 fully saturated rings. The van der Waals surface area contributed by atoms with Crippen LogP contribution in [0.15, 0.2) is 53.4 Å². The number of rotatable bonds is 5. The van der Waals surface area contributed by atoms with Crippen LogP contribution in [0.4, 0.5) is 0 Å². The molecule has 1 aromatic heterocycles. The van der Waals surface area contributed by atoms with Gasteiger partial charge in [0.15, 0.2) is 5.25 Å². The van der Waals surface area contributed by atoms with Crippen molar-refractivity contribution in [1.82, 2.24) is 9.97 Å². The molecular weight excluding hydrogens is 398 g/mol. The lowest BCUT2D eigenvalue weighted by Crippen LogP contribution is -2.23. The smallest absolute Gasteiger partial charge is 0.239 e. The highest BCUT2D eigenvalue weighted by atomic mass is 32.2. The van der Waals surface area contributed by atoms with Crippen LogP contribution in [0.5, 0.6) is 5.88 Å². The average molecular weight is 422 g/mol. The van der Waals surface area contributed by atoms with Crippen LogP contribution in [0.1, 0.15) is 48.6 Å². The van der Waals surface area contributed by atoms with Crippen LogP contribution in [-0.2, 0) is 9.84 Å². The molecule has 0 aliphatic heterocycles. The summed E-state index contributed by atoms with van der Waals surface area (Å²) in [4.78, 5) is 9.17. The number of aryl methyl sites for hydroxylation is 1. The number of nitriles is 1. The van der Waals surface area contributed by atoms with Crippen molar-refractivity contribution in [3.63, 3.8) is 0 Å². The van der Waals surface area contributed by atoms with E-state index in [4.69, 9.17) is 4.74 Å². The van der Waals surface area contributed by atoms with Gasteiger partial charge in [-0.1, -0.05) is 36.2 Å². The summed E-state index contributed by atoms with van der Waals surface area (Å²) in [6.45, 7) is 1.88. The number of fused-ring (bicyclic) bond motifs is 1. The second-order valence-corrected chi connectivity index (χ2v) is 9.68. The van der Waals surface area contributed by atoms with Crippen molar-refractivity contribution >= 4 is 20.9 Å². The van der Waals surface area contributed by atoms with Crippen LogP contribution in [0.3, 0.4) is 0 Å². The SMILES string of the molecule is Cc1ccc(S(=O)(=O)C(C#N)c2nc3ccccc3nc2OC2CCCCC2)cc1. The number of para-hydroxylation sites is 2. The first-order chi connectivity index (χ1) is 14.5. The largest absolute Gasteiger partial charge is 0.473 e. The molecule has 0 amide bonds. The molecule has 30 heavy (non-hydrogen) atoms. The molecule has 1 saturated carbocycles. The molecule has 7 heteroatoms. The second kappa shape index (κ2) is 8.41. The van der Waals surface area contributed by atoms with Gasteiger partial charge in [0.1, 0.15) is 11.8 Å². The predicted octanol–water partition coefficient (Wildman–Crippen LogP) is 4.69. The third-order valence-corrected chi connectivity index (χ3v) is 7.30. The summed E-state index contributed by atoms with van der Waals surface area (Å²) >= 11 is 0. The summed E-state index contributed by atoms with van der Waals surface area (Å²) in [6.07, 6.45) is 5.01. The van der Waals surface area contributed by atoms with Gasteiger partial charge < -0.3 is 4.74 Å². The number of benzene rings is 2. The minimum Gasteiger partial charge on any atom is -0.473 e. The topological polar surface area (TPSA) is 92.9 Å². The van der Waals surface area contributed by atoms with Gasteiger partial charge in [0.25, 0.3) is 0 Å². The molecule has 1 aliphatic carbocycles. The van der Waals surface area contributed by atoms with Crippen LogP contribution in [0.25, 0.3) is 11.0 Å². The third-order valence-electron chi connectivity index (χ3n) is 5.42. The Balaban J connectivity index is 1.82. The summed E-state index contributed by atoms with van der Waals surface area (Å²) in [6, 6.07) is 15.6. The van der Waals surface area contributed by atoms with Crippen molar-refractivity contribution in [2.75, 3.05) is 0 Å². The molecule has 0 N–H and O–H groups in total. The van der Waals surface area contributed by atoms with Crippen molar-refractivity contribution in [2.24, 2.45) is 0 Å². The maximum atomic E-state index is 13.3. The van der Waals surface area contributed by atoms with Crippen molar-refractivity contribution in [3.8, 4) is 11.9 Å². The van der Waals surface area contributed by atoms with E-state index in [-0.39, 0.29) is 22.6 Å². The van der Waals surface area contributed by atoms with Gasteiger partial charge in [0.2, 0.25) is 15.7 Å². The van der Waals surface area contributed by atoms with Crippen molar-refractivity contribution < 1.29 is 13.2 Å². The summed E-state index contributed by atoms with van der Waals surface area (Å²) in [5.74, 6) is 0.142. The first-order valence-corrected chi connectivity index (χ1v) is 11.7. The minimum absolute atomic E-state index is 0.0469. The summed E-state index contributed by atoms with van der Waals surface area (Å²) in [5.41, 5.74) is 2.14. The van der Waals surface area contributed by atoms with E-state index in [9.17, 15) is 13.7 Å². The van der Waals surface area contributed by atoms with E-state index < -0.39 is 15.1 Å². The van der Waals surface area contributed by atoms with Gasteiger partial charge in [0, 0.05) is 0 Å². The Labute approximate surface area is 176 Å². The Morgan fingerprint density at radius 1 is 1.00 bits per heavy atom. The highest BCUT2D eigenvalue weighted by molar-refractivity contribution is 7.92. The first-order valence-electron chi connectivity index (χ1n) is 10.1. The molecule has 0 saturated heterocycles. The van der Waals surface area contributed by atoms with E-state index in [1.165, 1.54) is 18.6 Å². The molecule has 0 radical (unpaired) electrons. The molecule has 3 aromatic rings. The van der Waals surface area contributed by atoms with Crippen molar-refractivity contribution in [1.29, 1.82) is 5.26 Å². The van der Waals surface area contributed by atoms with Crippen molar-refractivity contribution in [3.05, 3.63) is 59.8 Å². The van der Waals surface area contributed by atoms with E-state index in [0.29, 0.717) is 11.0 Å². The Morgan fingerprint density at radius 2 is 1.63 bits per heavy atom. The van der Waals surface area contributed by atoms with E-state index in [0.717, 1.165) is 31.2 Å². The van der Waals surface area contributed by atoms with E-state index in [2.05, 4.69) is 9.97 Å². The fourth-order valence-electron chi connectivity index (χ4n) is 3.74. The zero-order valence-corrected chi connectivity index (χ0v) is 17.6. The molecular formula is C23H23N3O3S. The van der Waals surface area contributed by atoms with Gasteiger partial charge in [-0.05, 0) is 56.9 Å². The van der Waals surface area contributed by atoms with Crippen LogP contribution in [0.2, 0.25) is 0 Å². The molecule has 1 heterocycles. The highest BCUT2D eigenvalue weighted by Crippen LogP contribution is 2.35. The van der Waals surface area contributed by atoms with Gasteiger partial charge in [-0.3, -0.25) is 0 Å². The van der Waals surface area contributed by atoms with Gasteiger partial charge in [0.05, 0.1) is 22.0 Å². The molecule has 154 valence electrons. The lowest BCUT2D eigenvalue weighted by Gasteiger charge is -2.24. The first kappa shape index (κ1) is 20.3. The number of hydrogen-bond donors (Lipinski definition) is 0. The van der Waals surface area contributed by atoms with Crippen LogP contribution in [-0.4, -0.2) is 24.5 Å². The molecule has 6 nitrogen and oxygen atoms in total. The Bertz CT molecular complexity index is 1190. The van der Waals surface area contributed by atoms with Gasteiger partial charge >= 0.3 is 0 Å². The van der Waals surface area contributed by atoms with Crippen LogP contribution >= 0.6 is 0 Å². The zero-order valence-electron chi connectivity index (χ0n) is 16.8. The van der Waals surface area contributed by atoms with E-state index in [1.807, 2.05) is 19.1 Å². The summed E-state index contributed by atoms with van der Waals surface area (Å²) < 4.78 is 32.8. The van der Waals surface area contributed by atoms with Gasteiger partial charge in [-0.15, -0.1) is 0 Å². The summed E-state index contributed by atoms with van der Waals surface area (Å²) in [5, 5.41) is 8.38. The predicted molar refractivity (Wildman–Crippen MR) is 114 cm³/mol. The standard InChI is InChI=1S/C23H23N3O3S/c1-16-11-13-18(14-12-16)30(27,28)21(15-24)22-23(29-17-7-3-2-4-8-17)26-20-10-6-5-9-19(20)25-22/h5-6,9-14,17,21H,2-4,7-8H2,1H3. The molecule has 1 aliphatic rings. The summed E-state index contributed by atoms with van der Waals surface area (Å²) in [7, 11) is -4.00. The lowest BCUT2D eigenvalue weighted by molar-refractivity contribution is 0.147. The highest BCUT2D eigenvalue weighted by Gasteiger charge is 2.35. The number of aromatic nitrogens is 2. The molecule has 2 aromatic carbocycles. The maximum Gasteiger partial charge on any atom is 0.239 e. The Kier molecular flexibility index (Phi) is 5.69. The van der Waals surface area contributed by atoms with Crippen LogP contribution in [0, 0.1) is 18.3 Å². The molecule has 1 atom stereocenters. The molecule has 1 unspecified atom stereocenters. The quantitative estimate of drug-likeness (QED) is 0.593. The van der Waals surface area contributed by atoms with E-state index in [1.54, 1.807) is 30.3 Å². The number of sulfone groups is 1. The second-order valence-electron chi connectivity index (χ2n) is 7.65. The fraction of sp³-hybridized carbons (Fsp3) is 0.348. The monoisotopic (exact) mass is 421 g/mol.